The number of rotatable bonds is 10. The number of furan rings is 1. The summed E-state index contributed by atoms with van der Waals surface area (Å²) in [6.07, 6.45) is 0. The van der Waals surface area contributed by atoms with Gasteiger partial charge < -0.3 is 18.8 Å². The molecule has 0 saturated carbocycles. The summed E-state index contributed by atoms with van der Waals surface area (Å²) < 4.78 is 11.8. The molecule has 1 aliphatic heterocycles. The van der Waals surface area contributed by atoms with Crippen LogP contribution in [0.5, 0.6) is 0 Å². The van der Waals surface area contributed by atoms with E-state index in [4.69, 9.17) is 4.42 Å². The van der Waals surface area contributed by atoms with Crippen LogP contribution in [0.4, 0.5) is 34.1 Å². The molecular weight excluding hydrogens is 1220 g/mol. The third-order valence-corrected chi connectivity index (χ3v) is 22.5. The lowest BCUT2D eigenvalue weighted by atomic mass is 9.67. The van der Waals surface area contributed by atoms with Crippen LogP contribution in [0.2, 0.25) is 0 Å². The Morgan fingerprint density at radius 2 is 0.835 bits per heavy atom. The van der Waals surface area contributed by atoms with E-state index < -0.39 is 5.41 Å². The van der Waals surface area contributed by atoms with Crippen LogP contribution in [0.3, 0.4) is 0 Å². The maximum atomic E-state index is 6.78. The summed E-state index contributed by atoms with van der Waals surface area (Å²) in [5.41, 5.74) is 25.4. The van der Waals surface area contributed by atoms with Crippen molar-refractivity contribution in [3.8, 4) is 50.2 Å². The van der Waals surface area contributed by atoms with E-state index in [1.54, 1.807) is 0 Å². The molecule has 0 fully saturated rings. The van der Waals surface area contributed by atoms with E-state index >= 15 is 0 Å². The van der Waals surface area contributed by atoms with Gasteiger partial charge in [0.15, 0.2) is 0 Å². The van der Waals surface area contributed by atoms with E-state index in [1.165, 1.54) is 85.2 Å². The van der Waals surface area contributed by atoms with E-state index in [0.717, 1.165) is 95.0 Å². The van der Waals surface area contributed by atoms with E-state index in [2.05, 4.69) is 360 Å². The highest BCUT2D eigenvalue weighted by atomic mass is 32.2. The van der Waals surface area contributed by atoms with Crippen LogP contribution in [-0.2, 0) is 5.41 Å². The van der Waals surface area contributed by atoms with Gasteiger partial charge in [-0.05, 0) is 189 Å². The van der Waals surface area contributed by atoms with Crippen LogP contribution >= 0.6 is 23.1 Å². The molecule has 1 aliphatic carbocycles. The van der Waals surface area contributed by atoms with Gasteiger partial charge in [0.1, 0.15) is 11.2 Å². The highest BCUT2D eigenvalue weighted by Crippen LogP contribution is 2.63. The van der Waals surface area contributed by atoms with Crippen molar-refractivity contribution < 1.29 is 4.42 Å². The molecule has 18 aromatic rings. The summed E-state index contributed by atoms with van der Waals surface area (Å²) in [5.74, 6) is 0. The molecule has 20 rings (SSSR count). The standard InChI is InChI=1S/C91H57N3OS2/c1-6-24-58(25-7-1)70-56-67(57-75-68-34-16-20-38-83(68)95-90(70)75)92(62-28-10-3-11-29-62)65-44-47-77-72(54-65)71-52-60(42-46-76(71)91(77)78-36-18-22-40-85(78)97-86-41-23-19-37-79(86)91)61-43-48-80-73(53-61)74-55-66(45-49-81(74)94(80)64-32-14-5-15-33-64)93(63-30-12-4-13-31-63)82-50-51-87-89(69-35-17-21-39-84(69)96-87)88(82)59-26-8-2-9-27-59/h1-57H. The summed E-state index contributed by atoms with van der Waals surface area (Å²) in [6, 6.07) is 128. The van der Waals surface area contributed by atoms with Crippen molar-refractivity contribution >= 4 is 121 Å². The molecule has 0 saturated heterocycles. The zero-order valence-electron chi connectivity index (χ0n) is 52.5. The summed E-state index contributed by atoms with van der Waals surface area (Å²) >= 11 is 3.74. The third-order valence-electron chi connectivity index (χ3n) is 20.2. The first-order valence-electron chi connectivity index (χ1n) is 33.1. The molecule has 2 aliphatic rings. The molecule has 4 heterocycles. The van der Waals surface area contributed by atoms with Crippen molar-refractivity contribution in [2.75, 3.05) is 9.80 Å². The van der Waals surface area contributed by atoms with Crippen molar-refractivity contribution in [1.29, 1.82) is 0 Å². The van der Waals surface area contributed by atoms with Gasteiger partial charge in [-0.1, -0.05) is 224 Å². The van der Waals surface area contributed by atoms with Gasteiger partial charge in [-0.15, -0.1) is 11.3 Å². The van der Waals surface area contributed by atoms with Crippen LogP contribution < -0.4 is 9.80 Å². The molecule has 15 aromatic carbocycles. The van der Waals surface area contributed by atoms with Gasteiger partial charge in [0.05, 0.1) is 22.1 Å². The number of aromatic nitrogens is 1. The van der Waals surface area contributed by atoms with Crippen molar-refractivity contribution in [3.05, 3.63) is 368 Å². The smallest absolute Gasteiger partial charge is 0.143 e. The van der Waals surface area contributed by atoms with Gasteiger partial charge in [-0.2, -0.15) is 0 Å². The number of anilines is 6. The monoisotopic (exact) mass is 1270 g/mol. The summed E-state index contributed by atoms with van der Waals surface area (Å²) in [6.45, 7) is 0. The molecule has 97 heavy (non-hydrogen) atoms. The fourth-order valence-corrected chi connectivity index (χ4v) is 18.4. The van der Waals surface area contributed by atoms with Gasteiger partial charge in [0, 0.05) is 96.8 Å². The minimum absolute atomic E-state index is 0.595. The number of hydrogen-bond donors (Lipinski definition) is 0. The summed E-state index contributed by atoms with van der Waals surface area (Å²) in [4.78, 5) is 7.46. The molecule has 0 amide bonds. The number of fused-ring (bicyclic) bond motifs is 18. The molecule has 0 radical (unpaired) electrons. The predicted molar refractivity (Wildman–Crippen MR) is 408 cm³/mol. The van der Waals surface area contributed by atoms with E-state index in [0.29, 0.717) is 0 Å². The Morgan fingerprint density at radius 1 is 0.309 bits per heavy atom. The van der Waals surface area contributed by atoms with E-state index in [1.807, 2.05) is 23.1 Å². The highest BCUT2D eigenvalue weighted by Gasteiger charge is 2.50. The molecular formula is C91H57N3OS2. The van der Waals surface area contributed by atoms with Crippen LogP contribution in [0.25, 0.3) is 114 Å². The van der Waals surface area contributed by atoms with Crippen LogP contribution in [0.15, 0.2) is 360 Å². The van der Waals surface area contributed by atoms with Gasteiger partial charge >= 0.3 is 0 Å². The minimum Gasteiger partial charge on any atom is -0.455 e. The van der Waals surface area contributed by atoms with Crippen molar-refractivity contribution in [3.63, 3.8) is 0 Å². The average Bonchev–Trinajstić information content (AvgIpc) is 1.33. The molecule has 1 spiro atoms. The average molecular weight is 1270 g/mol. The Hall–Kier alpha value is -11.9. The van der Waals surface area contributed by atoms with Crippen molar-refractivity contribution in [2.24, 2.45) is 0 Å². The fraction of sp³-hybridized carbons (Fsp3) is 0.0110. The number of benzene rings is 15. The first-order valence-corrected chi connectivity index (χ1v) is 34.8. The lowest BCUT2D eigenvalue weighted by Gasteiger charge is -2.39. The van der Waals surface area contributed by atoms with Crippen molar-refractivity contribution in [2.45, 2.75) is 15.2 Å². The number of para-hydroxylation sites is 4. The highest BCUT2D eigenvalue weighted by molar-refractivity contribution is 7.99. The molecule has 0 N–H and O–H groups in total. The first-order chi connectivity index (χ1) is 48.1. The van der Waals surface area contributed by atoms with Gasteiger partial charge in [0.25, 0.3) is 0 Å². The van der Waals surface area contributed by atoms with Gasteiger partial charge in [-0.3, -0.25) is 0 Å². The second-order valence-corrected chi connectivity index (χ2v) is 27.6. The SMILES string of the molecule is c1ccc(-c2cc(N(c3ccccc3)c3ccc4c(c3)-c3cc(-c5ccc6c(c5)c5cc(N(c7ccccc7)c7ccc8sc9ccccc9c8c7-c7ccccc7)ccc5n6-c5ccccc5)ccc3C43c4ccccc4Sc4ccccc43)cc3c2oc2ccccc23)cc1. The fourth-order valence-electron chi connectivity index (χ4n) is 16.1. The molecule has 3 aromatic heterocycles. The lowest BCUT2D eigenvalue weighted by Crippen LogP contribution is -2.31. The summed E-state index contributed by atoms with van der Waals surface area (Å²) in [5, 5.41) is 7.06. The second-order valence-electron chi connectivity index (χ2n) is 25.4. The van der Waals surface area contributed by atoms with Crippen LogP contribution in [0.1, 0.15) is 22.3 Å². The maximum absolute atomic E-state index is 6.78. The molecule has 0 atom stereocenters. The van der Waals surface area contributed by atoms with Crippen LogP contribution in [-0.4, -0.2) is 4.57 Å². The maximum Gasteiger partial charge on any atom is 0.143 e. The molecule has 4 nitrogen and oxygen atoms in total. The van der Waals surface area contributed by atoms with Gasteiger partial charge in [0.2, 0.25) is 0 Å². The van der Waals surface area contributed by atoms with Crippen molar-refractivity contribution in [1.82, 2.24) is 4.57 Å². The van der Waals surface area contributed by atoms with E-state index in [-0.39, 0.29) is 0 Å². The molecule has 6 heteroatoms. The number of nitrogens with zero attached hydrogens (tertiary/aromatic N) is 3. The number of hydrogen-bond acceptors (Lipinski definition) is 5. The lowest BCUT2D eigenvalue weighted by molar-refractivity contribution is 0.670. The normalized spacial score (nSPS) is 12.8. The molecule has 454 valence electrons. The molecule has 0 unspecified atom stereocenters. The Bertz CT molecular complexity index is 6130. The number of thiophene rings is 1. The Kier molecular flexibility index (Phi) is 12.6. The zero-order chi connectivity index (χ0) is 63.7. The Morgan fingerprint density at radius 3 is 1.57 bits per heavy atom. The van der Waals surface area contributed by atoms with E-state index in [9.17, 15) is 0 Å². The Labute approximate surface area is 569 Å². The third kappa shape index (κ3) is 8.57. The predicted octanol–water partition coefficient (Wildman–Crippen LogP) is 25.8. The first kappa shape index (κ1) is 55.5. The largest absolute Gasteiger partial charge is 0.455 e. The minimum atomic E-state index is -0.595. The Balaban J connectivity index is 0.808. The van der Waals surface area contributed by atoms with Gasteiger partial charge in [-0.25, -0.2) is 0 Å². The topological polar surface area (TPSA) is 24.6 Å². The summed E-state index contributed by atoms with van der Waals surface area (Å²) in [7, 11) is 0. The quantitative estimate of drug-likeness (QED) is 0.136. The molecule has 0 bridgehead atoms. The van der Waals surface area contributed by atoms with Crippen LogP contribution in [0, 0.1) is 0 Å². The zero-order valence-corrected chi connectivity index (χ0v) is 54.1. The second kappa shape index (κ2) is 22.1.